The summed E-state index contributed by atoms with van der Waals surface area (Å²) in [6.07, 6.45) is 0. The lowest BCUT2D eigenvalue weighted by Gasteiger charge is -2.08. The number of sulfonamides is 1. The Kier molecular flexibility index (Phi) is 3.76. The van der Waals surface area contributed by atoms with E-state index in [0.717, 1.165) is 27.7 Å². The quantitative estimate of drug-likeness (QED) is 0.776. The highest BCUT2D eigenvalue weighted by molar-refractivity contribution is 7.89. The van der Waals surface area contributed by atoms with E-state index in [0.29, 0.717) is 4.90 Å². The highest BCUT2D eigenvalue weighted by Crippen LogP contribution is 2.22. The highest BCUT2D eigenvalue weighted by Gasteiger charge is 2.16. The molecular formula is C17H18N2O2S. The van der Waals surface area contributed by atoms with Crippen LogP contribution in [0.1, 0.15) is 16.8 Å². The van der Waals surface area contributed by atoms with Crippen LogP contribution < -0.4 is 4.72 Å². The number of H-pyrrole nitrogens is 1. The molecule has 0 spiro atoms. The molecule has 3 aromatic rings. The molecular weight excluding hydrogens is 296 g/mol. The van der Waals surface area contributed by atoms with Gasteiger partial charge in [0.05, 0.1) is 4.90 Å². The van der Waals surface area contributed by atoms with E-state index in [1.54, 1.807) is 18.2 Å². The predicted molar refractivity (Wildman–Crippen MR) is 88.2 cm³/mol. The molecule has 0 bridgehead atoms. The van der Waals surface area contributed by atoms with Gasteiger partial charge in [-0.25, -0.2) is 13.1 Å². The van der Waals surface area contributed by atoms with Gasteiger partial charge in [-0.05, 0) is 43.2 Å². The molecule has 3 rings (SSSR count). The van der Waals surface area contributed by atoms with Crippen molar-refractivity contribution < 1.29 is 8.42 Å². The average Bonchev–Trinajstić information content (AvgIpc) is 2.80. The SMILES string of the molecule is Cc1cccc(S(=O)(=O)NCc2c(C)[nH]c3ccccc23)c1. The van der Waals surface area contributed by atoms with E-state index in [4.69, 9.17) is 0 Å². The van der Waals surface area contributed by atoms with Gasteiger partial charge in [-0.2, -0.15) is 0 Å². The smallest absolute Gasteiger partial charge is 0.240 e. The van der Waals surface area contributed by atoms with Crippen LogP contribution in [0.5, 0.6) is 0 Å². The molecule has 0 aliphatic rings. The fraction of sp³-hybridized carbons (Fsp3) is 0.176. The maximum Gasteiger partial charge on any atom is 0.240 e. The van der Waals surface area contributed by atoms with Gasteiger partial charge in [-0.1, -0.05) is 30.3 Å². The minimum Gasteiger partial charge on any atom is -0.358 e. The Bertz CT molecular complexity index is 927. The Balaban J connectivity index is 1.89. The largest absolute Gasteiger partial charge is 0.358 e. The van der Waals surface area contributed by atoms with Crippen LogP contribution in [0.2, 0.25) is 0 Å². The van der Waals surface area contributed by atoms with Crippen LogP contribution >= 0.6 is 0 Å². The Morgan fingerprint density at radius 3 is 2.59 bits per heavy atom. The fourth-order valence-electron chi connectivity index (χ4n) is 2.60. The molecule has 0 saturated heterocycles. The summed E-state index contributed by atoms with van der Waals surface area (Å²) >= 11 is 0. The Hall–Kier alpha value is -2.11. The first-order valence-electron chi connectivity index (χ1n) is 7.10. The molecule has 1 heterocycles. The standard InChI is InChI=1S/C17H18N2O2S/c1-12-6-5-7-14(10-12)22(20,21)18-11-16-13(2)19-17-9-4-3-8-15(16)17/h3-10,18-19H,11H2,1-2H3. The third-order valence-electron chi connectivity index (χ3n) is 3.77. The molecule has 0 saturated carbocycles. The maximum atomic E-state index is 12.4. The molecule has 22 heavy (non-hydrogen) atoms. The van der Waals surface area contributed by atoms with Gasteiger partial charge in [-0.3, -0.25) is 0 Å². The number of aromatic amines is 1. The lowest BCUT2D eigenvalue weighted by Crippen LogP contribution is -2.23. The normalized spacial score (nSPS) is 11.9. The van der Waals surface area contributed by atoms with E-state index in [2.05, 4.69) is 9.71 Å². The molecule has 0 amide bonds. The molecule has 2 aromatic carbocycles. The number of para-hydroxylation sites is 1. The first-order chi connectivity index (χ1) is 10.5. The number of fused-ring (bicyclic) bond motifs is 1. The number of nitrogens with one attached hydrogen (secondary N) is 2. The number of hydrogen-bond acceptors (Lipinski definition) is 2. The van der Waals surface area contributed by atoms with E-state index in [-0.39, 0.29) is 6.54 Å². The molecule has 2 N–H and O–H groups in total. The van der Waals surface area contributed by atoms with Gasteiger partial charge >= 0.3 is 0 Å². The highest BCUT2D eigenvalue weighted by atomic mass is 32.2. The summed E-state index contributed by atoms with van der Waals surface area (Å²) in [4.78, 5) is 3.57. The predicted octanol–water partition coefficient (Wildman–Crippen LogP) is 3.26. The van der Waals surface area contributed by atoms with Gasteiger partial charge in [0.25, 0.3) is 0 Å². The van der Waals surface area contributed by atoms with E-state index < -0.39 is 10.0 Å². The fourth-order valence-corrected chi connectivity index (χ4v) is 3.70. The zero-order valence-corrected chi connectivity index (χ0v) is 13.4. The second-order valence-electron chi connectivity index (χ2n) is 5.42. The molecule has 0 aliphatic heterocycles. The molecule has 5 heteroatoms. The van der Waals surface area contributed by atoms with Gasteiger partial charge in [-0.15, -0.1) is 0 Å². The lowest BCUT2D eigenvalue weighted by molar-refractivity contribution is 0.581. The summed E-state index contributed by atoms with van der Waals surface area (Å²) < 4.78 is 27.5. The van der Waals surface area contributed by atoms with Gasteiger partial charge in [0, 0.05) is 23.1 Å². The first kappa shape index (κ1) is 14.8. The molecule has 0 radical (unpaired) electrons. The van der Waals surface area contributed by atoms with Crippen LogP contribution in [0.25, 0.3) is 10.9 Å². The summed E-state index contributed by atoms with van der Waals surface area (Å²) in [6, 6.07) is 14.8. The molecule has 1 aromatic heterocycles. The molecule has 4 nitrogen and oxygen atoms in total. The summed E-state index contributed by atoms with van der Waals surface area (Å²) in [5.41, 5.74) is 3.90. The molecule has 0 fully saturated rings. The number of benzene rings is 2. The summed E-state index contributed by atoms with van der Waals surface area (Å²) in [5, 5.41) is 1.05. The van der Waals surface area contributed by atoms with Gasteiger partial charge in [0.1, 0.15) is 0 Å². The van der Waals surface area contributed by atoms with Crippen LogP contribution in [0.3, 0.4) is 0 Å². The Labute approximate surface area is 130 Å². The topological polar surface area (TPSA) is 62.0 Å². The van der Waals surface area contributed by atoms with Crippen molar-refractivity contribution in [3.8, 4) is 0 Å². The average molecular weight is 314 g/mol. The number of hydrogen-bond donors (Lipinski definition) is 2. The Morgan fingerprint density at radius 2 is 1.82 bits per heavy atom. The van der Waals surface area contributed by atoms with Crippen molar-refractivity contribution in [2.45, 2.75) is 25.3 Å². The zero-order chi connectivity index (χ0) is 15.7. The monoisotopic (exact) mass is 314 g/mol. The van der Waals surface area contributed by atoms with Gasteiger partial charge in [0.15, 0.2) is 0 Å². The van der Waals surface area contributed by atoms with E-state index in [9.17, 15) is 8.42 Å². The van der Waals surface area contributed by atoms with Crippen LogP contribution in [0, 0.1) is 13.8 Å². The second kappa shape index (κ2) is 5.59. The first-order valence-corrected chi connectivity index (χ1v) is 8.58. The maximum absolute atomic E-state index is 12.4. The van der Waals surface area contributed by atoms with Crippen molar-refractivity contribution in [3.63, 3.8) is 0 Å². The van der Waals surface area contributed by atoms with Crippen molar-refractivity contribution in [2.75, 3.05) is 0 Å². The zero-order valence-electron chi connectivity index (χ0n) is 12.6. The van der Waals surface area contributed by atoms with Crippen LogP contribution in [0.4, 0.5) is 0 Å². The third-order valence-corrected chi connectivity index (χ3v) is 5.16. The van der Waals surface area contributed by atoms with E-state index in [1.165, 1.54) is 0 Å². The summed E-state index contributed by atoms with van der Waals surface area (Å²) in [6.45, 7) is 4.10. The molecule has 114 valence electrons. The van der Waals surface area contributed by atoms with Crippen LogP contribution in [0.15, 0.2) is 53.4 Å². The third kappa shape index (κ3) is 2.77. The Morgan fingerprint density at radius 1 is 1.05 bits per heavy atom. The summed E-state index contributed by atoms with van der Waals surface area (Å²) in [5.74, 6) is 0. The van der Waals surface area contributed by atoms with Crippen LogP contribution in [-0.4, -0.2) is 13.4 Å². The number of aryl methyl sites for hydroxylation is 2. The van der Waals surface area contributed by atoms with Crippen molar-refractivity contribution in [3.05, 3.63) is 65.4 Å². The molecule has 0 atom stereocenters. The second-order valence-corrected chi connectivity index (χ2v) is 7.18. The lowest BCUT2D eigenvalue weighted by atomic mass is 10.1. The van der Waals surface area contributed by atoms with Crippen molar-refractivity contribution in [1.29, 1.82) is 0 Å². The minimum atomic E-state index is -3.51. The van der Waals surface area contributed by atoms with Crippen molar-refractivity contribution in [2.24, 2.45) is 0 Å². The van der Waals surface area contributed by atoms with Crippen LogP contribution in [-0.2, 0) is 16.6 Å². The van der Waals surface area contributed by atoms with E-state index >= 15 is 0 Å². The van der Waals surface area contributed by atoms with E-state index in [1.807, 2.05) is 44.2 Å². The molecule has 0 aliphatic carbocycles. The number of rotatable bonds is 4. The van der Waals surface area contributed by atoms with Gasteiger partial charge in [0.2, 0.25) is 10.0 Å². The number of aromatic nitrogens is 1. The molecule has 0 unspecified atom stereocenters. The van der Waals surface area contributed by atoms with Gasteiger partial charge < -0.3 is 4.98 Å². The van der Waals surface area contributed by atoms with Crippen molar-refractivity contribution in [1.82, 2.24) is 9.71 Å². The van der Waals surface area contributed by atoms with Crippen molar-refractivity contribution >= 4 is 20.9 Å². The minimum absolute atomic E-state index is 0.270. The summed E-state index contributed by atoms with van der Waals surface area (Å²) in [7, 11) is -3.51.